The SMILES string of the molecule is CC(C)CNC(=O)NCc1nc(-c2ccc(F)cc2)no1. The normalized spacial score (nSPS) is 10.7. The molecule has 1 heterocycles. The van der Waals surface area contributed by atoms with Crippen LogP contribution < -0.4 is 10.6 Å². The number of rotatable bonds is 5. The van der Waals surface area contributed by atoms with Gasteiger partial charge < -0.3 is 15.2 Å². The third-order valence-electron chi connectivity index (χ3n) is 2.64. The van der Waals surface area contributed by atoms with Crippen LogP contribution in [0.5, 0.6) is 0 Å². The Morgan fingerprint density at radius 2 is 2.00 bits per heavy atom. The summed E-state index contributed by atoms with van der Waals surface area (Å²) in [4.78, 5) is 15.6. The van der Waals surface area contributed by atoms with Crippen LogP contribution in [-0.2, 0) is 6.54 Å². The lowest BCUT2D eigenvalue weighted by atomic mass is 10.2. The molecule has 0 aliphatic carbocycles. The highest BCUT2D eigenvalue weighted by molar-refractivity contribution is 5.73. The molecule has 21 heavy (non-hydrogen) atoms. The van der Waals surface area contributed by atoms with Crippen molar-refractivity contribution in [2.45, 2.75) is 20.4 Å². The molecule has 1 aromatic carbocycles. The van der Waals surface area contributed by atoms with Crippen LogP contribution in [0.4, 0.5) is 9.18 Å². The minimum absolute atomic E-state index is 0.137. The van der Waals surface area contributed by atoms with Crippen molar-refractivity contribution in [3.05, 3.63) is 36.0 Å². The van der Waals surface area contributed by atoms with Crippen molar-refractivity contribution >= 4 is 6.03 Å². The molecule has 0 fully saturated rings. The summed E-state index contributed by atoms with van der Waals surface area (Å²) in [6, 6.07) is 5.48. The van der Waals surface area contributed by atoms with Gasteiger partial charge in [0, 0.05) is 12.1 Å². The quantitative estimate of drug-likeness (QED) is 0.886. The highest BCUT2D eigenvalue weighted by atomic mass is 19.1. The Bertz CT molecular complexity index is 595. The summed E-state index contributed by atoms with van der Waals surface area (Å²) in [5, 5.41) is 9.13. The first kappa shape index (κ1) is 15.0. The minimum Gasteiger partial charge on any atom is -0.338 e. The van der Waals surface area contributed by atoms with Crippen LogP contribution in [0.1, 0.15) is 19.7 Å². The molecule has 112 valence electrons. The van der Waals surface area contributed by atoms with E-state index in [-0.39, 0.29) is 24.3 Å². The number of carbonyl (C=O) groups is 1. The molecular formula is C14H17FN4O2. The van der Waals surface area contributed by atoms with Crippen molar-refractivity contribution in [1.82, 2.24) is 20.8 Å². The Balaban J connectivity index is 1.88. The van der Waals surface area contributed by atoms with Gasteiger partial charge in [-0.25, -0.2) is 9.18 Å². The van der Waals surface area contributed by atoms with Crippen molar-refractivity contribution in [2.24, 2.45) is 5.92 Å². The molecule has 0 unspecified atom stereocenters. The number of hydrogen-bond acceptors (Lipinski definition) is 4. The molecule has 2 rings (SSSR count). The molecule has 7 heteroatoms. The summed E-state index contributed by atoms with van der Waals surface area (Å²) in [5.41, 5.74) is 0.649. The summed E-state index contributed by atoms with van der Waals surface area (Å²) in [6.07, 6.45) is 0. The Kier molecular flexibility index (Phi) is 4.86. The molecular weight excluding hydrogens is 275 g/mol. The van der Waals surface area contributed by atoms with E-state index in [4.69, 9.17) is 4.52 Å². The number of halogens is 1. The zero-order chi connectivity index (χ0) is 15.2. The summed E-state index contributed by atoms with van der Waals surface area (Å²) in [5.74, 6) is 0.693. The average molecular weight is 292 g/mol. The second-order valence-corrected chi connectivity index (χ2v) is 4.98. The van der Waals surface area contributed by atoms with E-state index in [2.05, 4.69) is 20.8 Å². The van der Waals surface area contributed by atoms with Gasteiger partial charge in [0.05, 0.1) is 6.54 Å². The zero-order valence-corrected chi connectivity index (χ0v) is 11.9. The van der Waals surface area contributed by atoms with Crippen molar-refractivity contribution < 1.29 is 13.7 Å². The largest absolute Gasteiger partial charge is 0.338 e. The summed E-state index contributed by atoms with van der Waals surface area (Å²) >= 11 is 0. The number of amides is 2. The molecule has 0 spiro atoms. The monoisotopic (exact) mass is 292 g/mol. The molecule has 0 aliphatic rings. The first-order valence-electron chi connectivity index (χ1n) is 6.65. The Labute approximate surface area is 121 Å². The standard InChI is InChI=1S/C14H17FN4O2/c1-9(2)7-16-14(20)17-8-12-18-13(19-21-12)10-3-5-11(15)6-4-10/h3-6,9H,7-8H2,1-2H3,(H2,16,17,20). The molecule has 2 N–H and O–H groups in total. The van der Waals surface area contributed by atoms with Crippen molar-refractivity contribution in [2.75, 3.05) is 6.54 Å². The van der Waals surface area contributed by atoms with Crippen LogP contribution in [0.3, 0.4) is 0 Å². The van der Waals surface area contributed by atoms with E-state index in [9.17, 15) is 9.18 Å². The summed E-state index contributed by atoms with van der Waals surface area (Å²) in [7, 11) is 0. The van der Waals surface area contributed by atoms with Crippen LogP contribution in [0.15, 0.2) is 28.8 Å². The van der Waals surface area contributed by atoms with E-state index in [1.165, 1.54) is 12.1 Å². The zero-order valence-electron chi connectivity index (χ0n) is 11.9. The first-order chi connectivity index (χ1) is 10.0. The number of benzene rings is 1. The fraction of sp³-hybridized carbons (Fsp3) is 0.357. The van der Waals surface area contributed by atoms with Gasteiger partial charge in [-0.1, -0.05) is 19.0 Å². The number of urea groups is 1. The number of nitrogens with one attached hydrogen (secondary N) is 2. The smallest absolute Gasteiger partial charge is 0.315 e. The molecule has 0 saturated heterocycles. The predicted molar refractivity (Wildman–Crippen MR) is 74.8 cm³/mol. The van der Waals surface area contributed by atoms with E-state index >= 15 is 0 Å². The molecule has 0 bridgehead atoms. The number of carbonyl (C=O) groups excluding carboxylic acids is 1. The lowest BCUT2D eigenvalue weighted by Crippen LogP contribution is -2.37. The lowest BCUT2D eigenvalue weighted by molar-refractivity contribution is 0.237. The molecule has 0 saturated carbocycles. The van der Waals surface area contributed by atoms with Crippen molar-refractivity contribution in [1.29, 1.82) is 0 Å². The van der Waals surface area contributed by atoms with E-state index in [1.807, 2.05) is 13.8 Å². The van der Waals surface area contributed by atoms with E-state index < -0.39 is 0 Å². The maximum Gasteiger partial charge on any atom is 0.315 e. The molecule has 0 radical (unpaired) electrons. The van der Waals surface area contributed by atoms with Crippen molar-refractivity contribution in [3.8, 4) is 11.4 Å². The maximum atomic E-state index is 12.8. The van der Waals surface area contributed by atoms with Crippen LogP contribution >= 0.6 is 0 Å². The molecule has 2 aromatic rings. The second-order valence-electron chi connectivity index (χ2n) is 4.98. The van der Waals surface area contributed by atoms with Crippen LogP contribution in [0, 0.1) is 11.7 Å². The van der Waals surface area contributed by atoms with Gasteiger partial charge in [0.2, 0.25) is 11.7 Å². The molecule has 0 atom stereocenters. The summed E-state index contributed by atoms with van der Waals surface area (Å²) < 4.78 is 17.9. The molecule has 1 aromatic heterocycles. The van der Waals surface area contributed by atoms with E-state index in [1.54, 1.807) is 12.1 Å². The fourth-order valence-electron chi connectivity index (χ4n) is 1.56. The molecule has 6 nitrogen and oxygen atoms in total. The van der Waals surface area contributed by atoms with Gasteiger partial charge in [0.1, 0.15) is 5.82 Å². The Morgan fingerprint density at radius 3 is 2.67 bits per heavy atom. The molecule has 2 amide bonds. The molecule has 0 aliphatic heterocycles. The third-order valence-corrected chi connectivity index (χ3v) is 2.64. The van der Waals surface area contributed by atoms with Gasteiger partial charge in [0.25, 0.3) is 0 Å². The van der Waals surface area contributed by atoms with E-state index in [0.717, 1.165) is 0 Å². The number of hydrogen-bond donors (Lipinski definition) is 2. The van der Waals surface area contributed by atoms with Crippen LogP contribution in [0.2, 0.25) is 0 Å². The maximum absolute atomic E-state index is 12.8. The van der Waals surface area contributed by atoms with Crippen LogP contribution in [0.25, 0.3) is 11.4 Å². The van der Waals surface area contributed by atoms with Gasteiger partial charge in [-0.05, 0) is 30.2 Å². The highest BCUT2D eigenvalue weighted by Gasteiger charge is 2.10. The topological polar surface area (TPSA) is 80.0 Å². The van der Waals surface area contributed by atoms with Gasteiger partial charge in [-0.2, -0.15) is 4.98 Å². The third kappa shape index (κ3) is 4.55. The van der Waals surface area contributed by atoms with E-state index in [0.29, 0.717) is 23.9 Å². The van der Waals surface area contributed by atoms with Gasteiger partial charge in [0.15, 0.2) is 0 Å². The Hall–Kier alpha value is -2.44. The average Bonchev–Trinajstić information content (AvgIpc) is 2.92. The van der Waals surface area contributed by atoms with Gasteiger partial charge >= 0.3 is 6.03 Å². The van der Waals surface area contributed by atoms with Crippen LogP contribution in [-0.4, -0.2) is 22.7 Å². The van der Waals surface area contributed by atoms with Gasteiger partial charge in [-0.15, -0.1) is 0 Å². The Morgan fingerprint density at radius 1 is 1.29 bits per heavy atom. The predicted octanol–water partition coefficient (Wildman–Crippen LogP) is 2.33. The number of nitrogens with zero attached hydrogens (tertiary/aromatic N) is 2. The van der Waals surface area contributed by atoms with Gasteiger partial charge in [-0.3, -0.25) is 0 Å². The minimum atomic E-state index is -0.328. The highest BCUT2D eigenvalue weighted by Crippen LogP contribution is 2.15. The lowest BCUT2D eigenvalue weighted by Gasteiger charge is -2.07. The number of aromatic nitrogens is 2. The second kappa shape index (κ2) is 6.83. The summed E-state index contributed by atoms with van der Waals surface area (Å²) in [6.45, 7) is 4.75. The van der Waals surface area contributed by atoms with Crippen molar-refractivity contribution in [3.63, 3.8) is 0 Å². The fourth-order valence-corrected chi connectivity index (χ4v) is 1.56. The first-order valence-corrected chi connectivity index (χ1v) is 6.65.